The summed E-state index contributed by atoms with van der Waals surface area (Å²) in [6.45, 7) is 0. The molecule has 39 heavy (non-hydrogen) atoms. The van der Waals surface area contributed by atoms with E-state index in [1.165, 1.54) is 6.07 Å². The van der Waals surface area contributed by atoms with Gasteiger partial charge in [0.25, 0.3) is 5.56 Å². The highest BCUT2D eigenvalue weighted by Crippen LogP contribution is 2.55. The van der Waals surface area contributed by atoms with Crippen molar-refractivity contribution in [1.82, 2.24) is 23.9 Å². The molecule has 5 heterocycles. The highest BCUT2D eigenvalue weighted by molar-refractivity contribution is 6.31. The number of imidazole rings is 2. The average molecular weight is 540 g/mol. The normalized spacial score (nSPS) is 19.0. The number of nitrogens with zero attached hydrogens (tertiary/aromatic N) is 4. The maximum absolute atomic E-state index is 15.6. The van der Waals surface area contributed by atoms with E-state index in [4.69, 9.17) is 11.6 Å². The van der Waals surface area contributed by atoms with E-state index < -0.39 is 5.82 Å². The summed E-state index contributed by atoms with van der Waals surface area (Å²) in [5.41, 5.74) is 4.95. The number of pyridine rings is 2. The molecule has 0 unspecified atom stereocenters. The highest BCUT2D eigenvalue weighted by Gasteiger charge is 2.47. The first kappa shape index (κ1) is 22.9. The average Bonchev–Trinajstić information content (AvgIpc) is 3.31. The predicted octanol–water partition coefficient (Wildman–Crippen LogP) is 5.79. The van der Waals surface area contributed by atoms with Crippen molar-refractivity contribution in [3.63, 3.8) is 0 Å². The van der Waals surface area contributed by atoms with Gasteiger partial charge in [-0.15, -0.1) is 0 Å². The van der Waals surface area contributed by atoms with Crippen LogP contribution in [0.5, 0.6) is 0 Å². The lowest BCUT2D eigenvalue weighted by molar-refractivity contribution is 0.0953. The van der Waals surface area contributed by atoms with Crippen molar-refractivity contribution in [2.24, 2.45) is 5.41 Å². The van der Waals surface area contributed by atoms with Crippen LogP contribution in [0.15, 0.2) is 60.0 Å². The molecule has 8 rings (SSSR count). The Labute approximate surface area is 227 Å². The molecular formula is C30H23ClFN5O2. The third-order valence-electron chi connectivity index (χ3n) is 8.74. The van der Waals surface area contributed by atoms with Gasteiger partial charge in [-0.1, -0.05) is 17.7 Å². The molecule has 9 heteroatoms. The van der Waals surface area contributed by atoms with Gasteiger partial charge >= 0.3 is 0 Å². The number of aromatic nitrogens is 5. The maximum Gasteiger partial charge on any atom is 0.252 e. The Kier molecular flexibility index (Phi) is 4.69. The molecule has 2 aliphatic carbocycles. The molecule has 0 saturated heterocycles. The number of carbonyl (C=O) groups excluding carboxylic acids is 1. The third-order valence-corrected chi connectivity index (χ3v) is 9.03. The Morgan fingerprint density at radius 3 is 2.79 bits per heavy atom. The Balaban J connectivity index is 1.27. The van der Waals surface area contributed by atoms with Crippen LogP contribution in [0.2, 0.25) is 5.02 Å². The number of hydrogen-bond donors (Lipinski definition) is 1. The van der Waals surface area contributed by atoms with Crippen molar-refractivity contribution in [2.45, 2.75) is 44.6 Å². The van der Waals surface area contributed by atoms with Crippen LogP contribution in [-0.2, 0) is 12.8 Å². The minimum Gasteiger partial charge on any atom is -0.340 e. The molecule has 7 nitrogen and oxygen atoms in total. The van der Waals surface area contributed by atoms with E-state index in [2.05, 4.69) is 15.0 Å². The zero-order valence-electron chi connectivity index (χ0n) is 20.9. The van der Waals surface area contributed by atoms with Gasteiger partial charge < -0.3 is 14.0 Å². The first-order chi connectivity index (χ1) is 18.9. The molecule has 1 aromatic carbocycles. The summed E-state index contributed by atoms with van der Waals surface area (Å²) < 4.78 is 19.2. The summed E-state index contributed by atoms with van der Waals surface area (Å²) in [6.07, 6.45) is 11.3. The van der Waals surface area contributed by atoms with Crippen molar-refractivity contribution >= 4 is 22.9 Å². The first-order valence-electron chi connectivity index (χ1n) is 13.2. The van der Waals surface area contributed by atoms with E-state index in [1.807, 2.05) is 28.8 Å². The van der Waals surface area contributed by atoms with Gasteiger partial charge in [0.2, 0.25) is 0 Å². The minimum absolute atomic E-state index is 0.00644. The van der Waals surface area contributed by atoms with Gasteiger partial charge in [-0.05, 0) is 61.3 Å². The minimum atomic E-state index is -0.564. The number of hydrogen-bond acceptors (Lipinski definition) is 4. The molecule has 1 fully saturated rings. The first-order valence-corrected chi connectivity index (χ1v) is 13.5. The lowest BCUT2D eigenvalue weighted by Gasteiger charge is -2.25. The number of ketones is 1. The van der Waals surface area contributed by atoms with Crippen LogP contribution in [0.4, 0.5) is 4.39 Å². The van der Waals surface area contributed by atoms with Crippen molar-refractivity contribution in [3.05, 3.63) is 99.1 Å². The fourth-order valence-corrected chi connectivity index (χ4v) is 6.78. The van der Waals surface area contributed by atoms with Crippen LogP contribution in [0.25, 0.3) is 27.9 Å². The topological polar surface area (TPSA) is 85.0 Å². The molecule has 1 N–H and O–H groups in total. The van der Waals surface area contributed by atoms with E-state index in [-0.39, 0.29) is 27.8 Å². The summed E-state index contributed by atoms with van der Waals surface area (Å²) in [6, 6.07) is 8.48. The second kappa shape index (κ2) is 7.99. The number of benzene rings is 1. The van der Waals surface area contributed by atoms with Crippen molar-refractivity contribution in [1.29, 1.82) is 0 Å². The molecule has 0 amide bonds. The second-order valence-corrected chi connectivity index (χ2v) is 11.5. The summed E-state index contributed by atoms with van der Waals surface area (Å²) in [5, 5.41) is -0.00644. The summed E-state index contributed by atoms with van der Waals surface area (Å²) in [4.78, 5) is 39.7. The number of carbonyl (C=O) groups is 1. The van der Waals surface area contributed by atoms with Gasteiger partial charge in [0, 0.05) is 46.6 Å². The van der Waals surface area contributed by atoms with Crippen LogP contribution in [0, 0.1) is 11.2 Å². The van der Waals surface area contributed by atoms with E-state index >= 15 is 4.39 Å². The molecule has 0 bridgehead atoms. The molecule has 0 radical (unpaired) electrons. The Morgan fingerprint density at radius 1 is 1.08 bits per heavy atom. The van der Waals surface area contributed by atoms with E-state index in [0.717, 1.165) is 35.2 Å². The van der Waals surface area contributed by atoms with Gasteiger partial charge in [0.05, 0.1) is 41.0 Å². The lowest BCUT2D eigenvalue weighted by Crippen LogP contribution is -2.28. The number of H-pyrrole nitrogens is 1. The number of halogens is 2. The van der Waals surface area contributed by atoms with Crippen LogP contribution in [-0.4, -0.2) is 29.7 Å². The molecule has 1 atom stereocenters. The number of fused-ring (bicyclic) bond motifs is 6. The van der Waals surface area contributed by atoms with Gasteiger partial charge in [-0.2, -0.15) is 0 Å². The Morgan fingerprint density at radius 2 is 1.95 bits per heavy atom. The fraction of sp³-hybridized carbons (Fsp3) is 0.267. The van der Waals surface area contributed by atoms with E-state index in [1.54, 1.807) is 29.4 Å². The molecule has 5 aromatic rings. The number of Topliss-reactive ketones (excluding diaryl/α,β-unsaturated/α-hetero) is 1. The summed E-state index contributed by atoms with van der Waals surface area (Å²) in [5.74, 6) is 0.0687. The van der Waals surface area contributed by atoms with Crippen LogP contribution < -0.4 is 5.56 Å². The largest absolute Gasteiger partial charge is 0.340 e. The third kappa shape index (κ3) is 3.40. The molecule has 1 aliphatic heterocycles. The van der Waals surface area contributed by atoms with E-state index in [9.17, 15) is 9.59 Å². The quantitative estimate of drug-likeness (QED) is 0.308. The Hall–Kier alpha value is -4.04. The summed E-state index contributed by atoms with van der Waals surface area (Å²) in [7, 11) is 0. The van der Waals surface area contributed by atoms with Gasteiger partial charge in [-0.3, -0.25) is 9.59 Å². The van der Waals surface area contributed by atoms with Crippen molar-refractivity contribution in [3.8, 4) is 22.4 Å². The fourth-order valence-electron chi connectivity index (χ4n) is 6.62. The molecule has 3 aliphatic rings. The van der Waals surface area contributed by atoms with Gasteiger partial charge in [0.15, 0.2) is 5.78 Å². The van der Waals surface area contributed by atoms with E-state index in [0.29, 0.717) is 53.9 Å². The Bertz CT molecular complexity index is 1910. The van der Waals surface area contributed by atoms with Crippen LogP contribution in [0.3, 0.4) is 0 Å². The molecule has 194 valence electrons. The molecule has 1 saturated carbocycles. The number of aromatic amines is 1. The monoisotopic (exact) mass is 539 g/mol. The molecule has 4 aromatic heterocycles. The van der Waals surface area contributed by atoms with Crippen LogP contribution >= 0.6 is 11.6 Å². The van der Waals surface area contributed by atoms with Crippen molar-refractivity contribution in [2.75, 3.05) is 0 Å². The summed E-state index contributed by atoms with van der Waals surface area (Å²) >= 11 is 6.21. The van der Waals surface area contributed by atoms with Gasteiger partial charge in [0.1, 0.15) is 11.6 Å². The predicted molar refractivity (Wildman–Crippen MR) is 145 cm³/mol. The molecular weight excluding hydrogens is 517 g/mol. The molecule has 1 spiro atoms. The number of rotatable bonds is 2. The van der Waals surface area contributed by atoms with Crippen molar-refractivity contribution < 1.29 is 9.18 Å². The SMILES string of the molecule is O=C1CC2(CC2)Cc2ccc(Cl)c(F)c2-c2cc(=O)n3c(c21)CC[C@@H]3c1ncc(-c2ccc3cncn3c2)[nH]1. The zero-order valence-corrected chi connectivity index (χ0v) is 21.6. The van der Waals surface area contributed by atoms with Crippen LogP contribution in [0.1, 0.15) is 59.2 Å². The second-order valence-electron chi connectivity index (χ2n) is 11.1. The number of nitrogens with one attached hydrogen (secondary N) is 1. The zero-order chi connectivity index (χ0) is 26.5. The maximum atomic E-state index is 15.6. The smallest absolute Gasteiger partial charge is 0.252 e. The standard InChI is InChI=1S/C30H23ClFN5O2/c31-20-4-2-16-10-30(7-8-30)11-24(38)27-19(26(16)28(20)32)9-25(39)37-22(27)5-6-23(37)29-34-13-21(35-29)17-1-3-18-12-33-15-36(18)14-17/h1-4,9,12-15,23H,5-8,10-11H2,(H,34,35)/t23-/m1/s1. The highest BCUT2D eigenvalue weighted by atomic mass is 35.5. The lowest BCUT2D eigenvalue weighted by atomic mass is 9.80. The van der Waals surface area contributed by atoms with Gasteiger partial charge in [-0.25, -0.2) is 14.4 Å².